The van der Waals surface area contributed by atoms with Gasteiger partial charge in [0.2, 0.25) is 0 Å². The molecule has 2 aromatic rings. The molecule has 0 radical (unpaired) electrons. The predicted octanol–water partition coefficient (Wildman–Crippen LogP) is 3.63. The molecule has 0 saturated heterocycles. The van der Waals surface area contributed by atoms with Crippen LogP contribution in [0.2, 0.25) is 0 Å². The largest absolute Gasteiger partial charge is 0.489 e. The summed E-state index contributed by atoms with van der Waals surface area (Å²) in [7, 11) is 0. The van der Waals surface area contributed by atoms with Gasteiger partial charge in [0.05, 0.1) is 13.1 Å². The normalized spacial score (nSPS) is 18.8. The Morgan fingerprint density at radius 3 is 2.88 bits per heavy atom. The number of urea groups is 1. The predicted molar refractivity (Wildman–Crippen MR) is 95.1 cm³/mol. The third-order valence-corrected chi connectivity index (χ3v) is 4.70. The molecule has 1 aliphatic heterocycles. The third-order valence-electron chi connectivity index (χ3n) is 4.70. The first kappa shape index (κ1) is 15.7. The van der Waals surface area contributed by atoms with Gasteiger partial charge in [-0.05, 0) is 43.2 Å². The minimum absolute atomic E-state index is 0.0768. The minimum atomic E-state index is -0.156. The molecule has 1 N–H and O–H groups in total. The van der Waals surface area contributed by atoms with E-state index in [0.717, 1.165) is 34.5 Å². The van der Waals surface area contributed by atoms with Crippen molar-refractivity contribution in [3.05, 3.63) is 59.2 Å². The van der Waals surface area contributed by atoms with E-state index < -0.39 is 0 Å². The van der Waals surface area contributed by atoms with Crippen LogP contribution in [-0.2, 0) is 13.0 Å². The van der Waals surface area contributed by atoms with Crippen molar-refractivity contribution in [2.75, 3.05) is 11.9 Å². The number of carbonyl (C=O) groups excluding carboxylic acids is 2. The summed E-state index contributed by atoms with van der Waals surface area (Å²) in [6.07, 6.45) is 1.23. The highest BCUT2D eigenvalue weighted by atomic mass is 16.5. The topological polar surface area (TPSA) is 58.6 Å². The summed E-state index contributed by atoms with van der Waals surface area (Å²) in [4.78, 5) is 26.2. The molecule has 128 valence electrons. The lowest BCUT2D eigenvalue weighted by Crippen LogP contribution is -2.38. The van der Waals surface area contributed by atoms with Gasteiger partial charge in [-0.25, -0.2) is 4.79 Å². The Kier molecular flexibility index (Phi) is 3.92. The second-order valence-corrected chi connectivity index (χ2v) is 6.64. The van der Waals surface area contributed by atoms with E-state index in [1.165, 1.54) is 0 Å². The van der Waals surface area contributed by atoms with Crippen molar-refractivity contribution in [1.29, 1.82) is 0 Å². The van der Waals surface area contributed by atoms with Crippen LogP contribution in [0, 0.1) is 0 Å². The van der Waals surface area contributed by atoms with Crippen LogP contribution in [0.25, 0.3) is 0 Å². The second kappa shape index (κ2) is 6.24. The molecule has 5 nitrogen and oxygen atoms in total. The van der Waals surface area contributed by atoms with Crippen LogP contribution in [0.15, 0.2) is 42.5 Å². The molecule has 0 bridgehead atoms. The van der Waals surface area contributed by atoms with Crippen molar-refractivity contribution in [3.8, 4) is 5.75 Å². The summed E-state index contributed by atoms with van der Waals surface area (Å²) in [6.45, 7) is 2.99. The van der Waals surface area contributed by atoms with Crippen LogP contribution in [0.4, 0.5) is 10.5 Å². The van der Waals surface area contributed by atoms with Crippen molar-refractivity contribution >= 4 is 17.5 Å². The molecular formula is C20H20N2O3. The van der Waals surface area contributed by atoms with Gasteiger partial charge in [-0.15, -0.1) is 0 Å². The SMILES string of the molecule is C[C@H]1CN(C(=O)Nc2ccc3c(c2)CCC3=O)Cc2ccccc2O1. The molecule has 0 fully saturated rings. The summed E-state index contributed by atoms with van der Waals surface area (Å²) >= 11 is 0. The van der Waals surface area contributed by atoms with Gasteiger partial charge in [0.1, 0.15) is 11.9 Å². The van der Waals surface area contributed by atoms with E-state index in [9.17, 15) is 9.59 Å². The lowest BCUT2D eigenvalue weighted by Gasteiger charge is -2.22. The standard InChI is InChI=1S/C20H20N2O3/c1-13-11-22(12-15-4-2-3-5-19(15)25-13)20(24)21-16-7-8-17-14(10-16)6-9-18(17)23/h2-5,7-8,10,13H,6,9,11-12H2,1H3,(H,21,24)/t13-/m0/s1. The molecule has 4 rings (SSSR count). The lowest BCUT2D eigenvalue weighted by molar-refractivity contribution is 0.0994. The number of hydrogen-bond acceptors (Lipinski definition) is 3. The zero-order chi connectivity index (χ0) is 17.4. The maximum Gasteiger partial charge on any atom is 0.322 e. The lowest BCUT2D eigenvalue weighted by atomic mass is 10.1. The van der Waals surface area contributed by atoms with E-state index in [1.54, 1.807) is 11.0 Å². The first-order valence-corrected chi connectivity index (χ1v) is 8.57. The number of nitrogens with zero attached hydrogens (tertiary/aromatic N) is 1. The summed E-state index contributed by atoms with van der Waals surface area (Å²) in [5.41, 5.74) is 3.52. The molecule has 0 spiro atoms. The number of ether oxygens (including phenoxy) is 1. The number of aryl methyl sites for hydroxylation is 1. The van der Waals surface area contributed by atoms with Crippen molar-refractivity contribution < 1.29 is 14.3 Å². The summed E-state index contributed by atoms with van der Waals surface area (Å²) in [5, 5.41) is 2.96. The number of nitrogens with one attached hydrogen (secondary N) is 1. The van der Waals surface area contributed by atoms with Gasteiger partial charge in [0, 0.05) is 23.2 Å². The molecule has 5 heteroatoms. The summed E-state index contributed by atoms with van der Waals surface area (Å²) in [5.74, 6) is 1.02. The zero-order valence-electron chi connectivity index (χ0n) is 14.1. The number of hydrogen-bond donors (Lipinski definition) is 1. The molecule has 2 aliphatic rings. The molecule has 2 amide bonds. The molecule has 0 aromatic heterocycles. The minimum Gasteiger partial charge on any atom is -0.489 e. The van der Waals surface area contributed by atoms with Gasteiger partial charge in [0.15, 0.2) is 5.78 Å². The van der Waals surface area contributed by atoms with Crippen LogP contribution in [0.1, 0.15) is 34.8 Å². The van der Waals surface area contributed by atoms with Gasteiger partial charge >= 0.3 is 6.03 Å². The van der Waals surface area contributed by atoms with Gasteiger partial charge in [-0.3, -0.25) is 4.79 Å². The maximum absolute atomic E-state index is 12.7. The van der Waals surface area contributed by atoms with Crippen molar-refractivity contribution in [3.63, 3.8) is 0 Å². The number of amides is 2. The van der Waals surface area contributed by atoms with Crippen LogP contribution in [0.3, 0.4) is 0 Å². The molecule has 2 aromatic carbocycles. The van der Waals surface area contributed by atoms with Crippen LogP contribution < -0.4 is 10.1 Å². The second-order valence-electron chi connectivity index (χ2n) is 6.64. The molecular weight excluding hydrogens is 316 g/mol. The fourth-order valence-corrected chi connectivity index (χ4v) is 3.47. The van der Waals surface area contributed by atoms with E-state index in [4.69, 9.17) is 4.74 Å². The monoisotopic (exact) mass is 336 g/mol. The fraction of sp³-hybridized carbons (Fsp3) is 0.300. The van der Waals surface area contributed by atoms with E-state index in [1.807, 2.05) is 43.3 Å². The summed E-state index contributed by atoms with van der Waals surface area (Å²) in [6, 6.07) is 13.2. The molecule has 25 heavy (non-hydrogen) atoms. The van der Waals surface area contributed by atoms with E-state index in [0.29, 0.717) is 19.5 Å². The van der Waals surface area contributed by atoms with E-state index in [2.05, 4.69) is 5.32 Å². The van der Waals surface area contributed by atoms with Gasteiger partial charge in [-0.2, -0.15) is 0 Å². The number of rotatable bonds is 1. The van der Waals surface area contributed by atoms with Gasteiger partial charge < -0.3 is 15.0 Å². The number of fused-ring (bicyclic) bond motifs is 2. The fourth-order valence-electron chi connectivity index (χ4n) is 3.47. The van der Waals surface area contributed by atoms with E-state index >= 15 is 0 Å². The molecule has 1 aliphatic carbocycles. The summed E-state index contributed by atoms with van der Waals surface area (Å²) < 4.78 is 5.90. The Balaban J connectivity index is 1.52. The quantitative estimate of drug-likeness (QED) is 0.865. The van der Waals surface area contributed by atoms with Crippen LogP contribution >= 0.6 is 0 Å². The van der Waals surface area contributed by atoms with E-state index in [-0.39, 0.29) is 17.9 Å². The van der Waals surface area contributed by atoms with Crippen LogP contribution in [0.5, 0.6) is 5.75 Å². The third kappa shape index (κ3) is 3.09. The number of para-hydroxylation sites is 1. The average molecular weight is 336 g/mol. The highest BCUT2D eigenvalue weighted by molar-refractivity contribution is 6.01. The smallest absolute Gasteiger partial charge is 0.322 e. The van der Waals surface area contributed by atoms with Crippen LogP contribution in [-0.4, -0.2) is 29.4 Å². The highest BCUT2D eigenvalue weighted by Crippen LogP contribution is 2.27. The first-order chi connectivity index (χ1) is 12.1. The average Bonchev–Trinajstić information content (AvgIpc) is 2.86. The number of ketones is 1. The highest BCUT2D eigenvalue weighted by Gasteiger charge is 2.24. The molecule has 1 atom stereocenters. The van der Waals surface area contributed by atoms with Crippen molar-refractivity contribution in [2.45, 2.75) is 32.4 Å². The van der Waals surface area contributed by atoms with Gasteiger partial charge in [0.25, 0.3) is 0 Å². The Morgan fingerprint density at radius 2 is 2.00 bits per heavy atom. The number of carbonyl (C=O) groups is 2. The molecule has 0 saturated carbocycles. The van der Waals surface area contributed by atoms with Crippen molar-refractivity contribution in [2.24, 2.45) is 0 Å². The Bertz CT molecular complexity index is 847. The maximum atomic E-state index is 12.7. The number of benzene rings is 2. The Hall–Kier alpha value is -2.82. The molecule has 1 heterocycles. The Labute approximate surface area is 146 Å². The zero-order valence-corrected chi connectivity index (χ0v) is 14.1. The number of anilines is 1. The number of Topliss-reactive ketones (excluding diaryl/α,β-unsaturated/α-hetero) is 1. The Morgan fingerprint density at radius 1 is 1.16 bits per heavy atom. The molecule has 0 unspecified atom stereocenters. The first-order valence-electron chi connectivity index (χ1n) is 8.57. The van der Waals surface area contributed by atoms with Crippen molar-refractivity contribution in [1.82, 2.24) is 4.90 Å². The van der Waals surface area contributed by atoms with Gasteiger partial charge in [-0.1, -0.05) is 18.2 Å².